The second kappa shape index (κ2) is 42.6. The molecule has 1 aliphatic rings. The molecular formula is C54H54As6Cl4I8O4P4. The van der Waals surface area contributed by atoms with Crippen LogP contribution in [-0.2, 0) is 9.13 Å². The Morgan fingerprint density at radius 2 is 0.450 bits per heavy atom. The maximum Gasteiger partial charge on any atom is 0.206 e. The Hall–Kier alpha value is 5.35. The predicted molar refractivity (Wildman–Crippen MR) is 413 cm³/mol. The molecule has 0 aliphatic carbocycles. The first-order chi connectivity index (χ1) is 37.5. The number of benzene rings is 8. The summed E-state index contributed by atoms with van der Waals surface area (Å²) < 4.78 is 28.9. The zero-order chi connectivity index (χ0) is 56.6. The van der Waals surface area contributed by atoms with Crippen molar-refractivity contribution in [2.45, 2.75) is 0 Å². The molecule has 0 aromatic heterocycles. The van der Waals surface area contributed by atoms with Crippen LogP contribution < -0.4 is 90.4 Å². The van der Waals surface area contributed by atoms with Crippen molar-refractivity contribution in [3.8, 4) is 0 Å². The van der Waals surface area contributed by atoms with Gasteiger partial charge < -0.3 is 57.1 Å². The van der Waals surface area contributed by atoms with E-state index < -0.39 is 29.3 Å². The number of halogens is 12. The van der Waals surface area contributed by atoms with Gasteiger partial charge in [0.05, 0.1) is 10.7 Å². The van der Waals surface area contributed by atoms with Gasteiger partial charge in [0.15, 0.2) is 0 Å². The van der Waals surface area contributed by atoms with Gasteiger partial charge in [-0.2, -0.15) is 0 Å². The number of alkyl halides is 4. The normalized spacial score (nSPS) is 17.7. The minimum atomic E-state index is -2.89. The Morgan fingerprint density at radius 3 is 0.600 bits per heavy atom. The summed E-state index contributed by atoms with van der Waals surface area (Å²) in [7, 11) is -11.9. The summed E-state index contributed by atoms with van der Waals surface area (Å²) in [6, 6.07) is 78.1. The molecule has 1 aliphatic heterocycles. The molecule has 0 bridgehead atoms. The summed E-state index contributed by atoms with van der Waals surface area (Å²) >= 11 is 37.0. The van der Waals surface area contributed by atoms with Gasteiger partial charge in [-0.15, -0.1) is 46.4 Å². The number of rotatable bonds is 14. The van der Waals surface area contributed by atoms with Crippen LogP contribution in [0.15, 0.2) is 243 Å². The van der Waals surface area contributed by atoms with Crippen molar-refractivity contribution in [1.29, 1.82) is 0 Å². The van der Waals surface area contributed by atoms with Crippen LogP contribution in [0.5, 0.6) is 0 Å². The second-order valence-corrected chi connectivity index (χ2v) is 268. The fourth-order valence-corrected chi connectivity index (χ4v) is 1800. The third-order valence-corrected chi connectivity index (χ3v) is 789. The van der Waals surface area contributed by atoms with Crippen molar-refractivity contribution in [2.75, 3.05) is 35.3 Å². The van der Waals surface area contributed by atoms with Gasteiger partial charge in [0, 0.05) is 33.5 Å². The molecule has 428 valence electrons. The van der Waals surface area contributed by atoms with Gasteiger partial charge in [0.25, 0.3) is 0 Å². The van der Waals surface area contributed by atoms with Crippen molar-refractivity contribution < 1.29 is 66.9 Å². The van der Waals surface area contributed by atoms with E-state index in [-0.39, 0.29) is 102 Å². The standard InChI is InChI=1S/2C26H25O2P2.2CH2Cl2.As6I6.2HI/c2*27-29(23-13-5-1-6-14-23,24-15-7-2-8-16-24)21-22-30(28,25-17-9-3-10-18-25)26-19-11-4-12-20-26;2*2-1-3;7-1-2(8)4(10)6(12)5(11)3(1)9;;/h2*1-20,27H,21-22H2;2*1H2;;2*1H/q2*+1;;;;;/p-2. The van der Waals surface area contributed by atoms with Gasteiger partial charge in [-0.05, 0) is 48.5 Å². The van der Waals surface area contributed by atoms with Crippen LogP contribution in [-0.4, -0.2) is 88.1 Å². The summed E-state index contributed by atoms with van der Waals surface area (Å²) in [6.45, 7) is 0. The Bertz CT molecular complexity index is 2640. The molecule has 8 aromatic rings. The third kappa shape index (κ3) is 23.4. The molecule has 0 amide bonds. The summed E-state index contributed by atoms with van der Waals surface area (Å²) in [5.74, 6) is 0. The molecular weight excluding hydrogens is 2440 g/mol. The first kappa shape index (κ1) is 79.6. The maximum absolute atomic E-state index is 14.4. The molecule has 0 spiro atoms. The monoisotopic (exact) mass is 2490 g/mol. The quantitative estimate of drug-likeness (QED) is 0.0494. The largest absolute Gasteiger partial charge is 1.00 e. The van der Waals surface area contributed by atoms with Crippen molar-refractivity contribution in [2.24, 2.45) is 0 Å². The van der Waals surface area contributed by atoms with Crippen LogP contribution in [0.1, 0.15) is 0 Å². The molecule has 1 fully saturated rings. The van der Waals surface area contributed by atoms with Crippen molar-refractivity contribution in [1.82, 2.24) is 0 Å². The van der Waals surface area contributed by atoms with Gasteiger partial charge in [-0.3, -0.25) is 0 Å². The second-order valence-electron chi connectivity index (χ2n) is 16.2. The zero-order valence-corrected chi connectivity index (χ0v) is 77.2. The van der Waals surface area contributed by atoms with Crippen molar-refractivity contribution >= 4 is 282 Å². The molecule has 4 nitrogen and oxygen atoms in total. The third-order valence-electron chi connectivity index (χ3n) is 11.7. The van der Waals surface area contributed by atoms with E-state index in [0.717, 1.165) is 42.4 Å². The SMILES string of the molecule is ClCCl.ClCCl.I[As]1[As](I)[As](I)[As](I)[As](I)[As]1I.O=P(CC[P+](O)(c1ccccc1)c1ccccc1)(c1ccccc1)c1ccccc1.O=P(CC[P+](O)(c1ccccc1)c1ccccc1)(c1ccccc1)c1ccccc1.[I-].[I-]. The molecule has 9 rings (SSSR count). The topological polar surface area (TPSA) is 74.6 Å². The average Bonchev–Trinajstić information content (AvgIpc) is 3.52. The van der Waals surface area contributed by atoms with E-state index in [1.54, 1.807) is 0 Å². The number of hydrogen-bond donors (Lipinski definition) is 2. The average molecular weight is 2500 g/mol. The summed E-state index contributed by atoms with van der Waals surface area (Å²) in [5.41, 5.74) is 0. The Balaban J connectivity index is 0.000000317. The predicted octanol–water partition coefficient (Wildman–Crippen LogP) is 9.03. The van der Waals surface area contributed by atoms with E-state index in [4.69, 9.17) is 46.4 Å². The molecule has 0 unspecified atom stereocenters. The Morgan fingerprint density at radius 1 is 0.312 bits per heavy atom. The zero-order valence-electron chi connectivity index (χ0n) is 42.1. The van der Waals surface area contributed by atoms with Crippen LogP contribution in [0.3, 0.4) is 0 Å². The molecule has 26 heteroatoms. The minimum Gasteiger partial charge on any atom is -1.00 e. The van der Waals surface area contributed by atoms with Gasteiger partial charge in [-0.1, -0.05) is 194 Å². The van der Waals surface area contributed by atoms with E-state index in [9.17, 15) is 18.9 Å². The molecule has 80 heavy (non-hydrogen) atoms. The van der Waals surface area contributed by atoms with Crippen molar-refractivity contribution in [3.05, 3.63) is 243 Å². The van der Waals surface area contributed by atoms with Crippen LogP contribution in [0, 0.1) is 0 Å². The minimum absolute atomic E-state index is 0. The van der Waals surface area contributed by atoms with Crippen LogP contribution in [0.25, 0.3) is 0 Å². The first-order valence-electron chi connectivity index (χ1n) is 23.4. The van der Waals surface area contributed by atoms with Crippen LogP contribution >= 0.6 is 196 Å². The van der Waals surface area contributed by atoms with Gasteiger partial charge in [-0.25, -0.2) is 9.79 Å². The van der Waals surface area contributed by atoms with E-state index >= 15 is 0 Å². The first-order valence-corrected chi connectivity index (χ1v) is 98.7. The van der Waals surface area contributed by atoms with Gasteiger partial charge in [0.2, 0.25) is 15.0 Å². The summed E-state index contributed by atoms with van der Waals surface area (Å²) in [5, 5.41) is 7.42. The van der Waals surface area contributed by atoms with Crippen LogP contribution in [0.2, 0.25) is 0 Å². The van der Waals surface area contributed by atoms with Crippen molar-refractivity contribution in [3.63, 3.8) is 0 Å². The van der Waals surface area contributed by atoms with E-state index in [2.05, 4.69) is 121 Å². The fraction of sp³-hybridized carbons (Fsp3) is 0.111. The summed E-state index contributed by atoms with van der Waals surface area (Å²) in [4.78, 5) is 24.0. The van der Waals surface area contributed by atoms with E-state index in [0.29, 0.717) is 24.6 Å². The molecule has 2 N–H and O–H groups in total. The molecule has 8 aromatic carbocycles. The van der Waals surface area contributed by atoms with E-state index in [1.807, 2.05) is 243 Å². The molecule has 0 atom stereocenters. The fourth-order valence-electron chi connectivity index (χ4n) is 7.94. The molecule has 1 heterocycles. The Labute approximate surface area is 614 Å². The molecule has 0 saturated carbocycles. The molecule has 1 saturated heterocycles. The maximum atomic E-state index is 14.4. The Kier molecular flexibility index (Phi) is 42.3. The van der Waals surface area contributed by atoms with E-state index in [1.165, 1.54) is 0 Å². The summed E-state index contributed by atoms with van der Waals surface area (Å²) in [6.07, 6.45) is 1.74. The van der Waals surface area contributed by atoms with Crippen LogP contribution in [0.4, 0.5) is 0 Å². The van der Waals surface area contributed by atoms with Gasteiger partial charge in [0.1, 0.15) is 47.8 Å². The smallest absolute Gasteiger partial charge is 0.206 e. The number of hydrogen-bond acceptors (Lipinski definition) is 4. The van der Waals surface area contributed by atoms with Gasteiger partial charge >= 0.3 is 164 Å². The molecule has 0 radical (unpaired) electrons.